The maximum absolute atomic E-state index is 11.7. The molecule has 0 radical (unpaired) electrons. The van der Waals surface area contributed by atoms with Crippen molar-refractivity contribution in [3.63, 3.8) is 0 Å². The number of rotatable bonds is 4. The second kappa shape index (κ2) is 6.96. The van der Waals surface area contributed by atoms with E-state index in [-0.39, 0.29) is 5.91 Å². The van der Waals surface area contributed by atoms with Crippen LogP contribution in [-0.4, -0.2) is 18.0 Å². The molecule has 1 atom stereocenters. The van der Waals surface area contributed by atoms with Crippen LogP contribution >= 0.6 is 15.9 Å². The van der Waals surface area contributed by atoms with Crippen molar-refractivity contribution in [2.75, 3.05) is 5.32 Å². The number of hydrogen-bond donors (Lipinski definition) is 1. The first-order chi connectivity index (χ1) is 8.52. The molecule has 0 bridgehead atoms. The molecule has 0 saturated heterocycles. The summed E-state index contributed by atoms with van der Waals surface area (Å²) in [5.41, 5.74) is 0.650. The fourth-order valence-electron chi connectivity index (χ4n) is 1.18. The van der Waals surface area contributed by atoms with Crippen molar-refractivity contribution in [1.82, 2.24) is 0 Å². The Bertz CT molecular complexity index is 454. The summed E-state index contributed by atoms with van der Waals surface area (Å²) in [6, 6.07) is 7.13. The van der Waals surface area contributed by atoms with Crippen molar-refractivity contribution in [3.05, 3.63) is 40.9 Å². The summed E-state index contributed by atoms with van der Waals surface area (Å²) >= 11 is 3.30. The highest BCUT2D eigenvalue weighted by Gasteiger charge is 2.16. The maximum atomic E-state index is 11.7. The monoisotopic (exact) mass is 311 g/mol. The number of nitrogens with one attached hydrogen (secondary N) is 1. The van der Waals surface area contributed by atoms with E-state index in [1.54, 1.807) is 25.1 Å². The largest absolute Gasteiger partial charge is 0.449 e. The summed E-state index contributed by atoms with van der Waals surface area (Å²) in [6.07, 6.45) is 1.99. The lowest BCUT2D eigenvalue weighted by Crippen LogP contribution is -2.29. The molecular weight excluding hydrogens is 298 g/mol. The number of allylic oxidation sites excluding steroid dienone is 1. The summed E-state index contributed by atoms with van der Waals surface area (Å²) in [7, 11) is 0. The number of hydrogen-bond acceptors (Lipinski definition) is 3. The maximum Gasteiger partial charge on any atom is 0.331 e. The van der Waals surface area contributed by atoms with Crippen molar-refractivity contribution >= 4 is 33.5 Å². The van der Waals surface area contributed by atoms with E-state index in [1.165, 1.54) is 13.0 Å². The Morgan fingerprint density at radius 2 is 1.94 bits per heavy atom. The Balaban J connectivity index is 2.54. The van der Waals surface area contributed by atoms with Gasteiger partial charge in [-0.05, 0) is 38.1 Å². The van der Waals surface area contributed by atoms with E-state index in [1.807, 2.05) is 12.1 Å². The highest BCUT2D eigenvalue weighted by atomic mass is 79.9. The van der Waals surface area contributed by atoms with Gasteiger partial charge in [0.1, 0.15) is 0 Å². The van der Waals surface area contributed by atoms with Gasteiger partial charge in [-0.1, -0.05) is 22.0 Å². The molecule has 0 unspecified atom stereocenters. The highest BCUT2D eigenvalue weighted by Crippen LogP contribution is 2.14. The van der Waals surface area contributed by atoms with E-state index in [0.717, 1.165) is 4.47 Å². The van der Waals surface area contributed by atoms with Crippen LogP contribution in [0.5, 0.6) is 0 Å². The zero-order valence-corrected chi connectivity index (χ0v) is 11.7. The van der Waals surface area contributed by atoms with Crippen molar-refractivity contribution < 1.29 is 14.3 Å². The number of amides is 1. The molecule has 0 aromatic heterocycles. The number of esters is 1. The topological polar surface area (TPSA) is 55.4 Å². The van der Waals surface area contributed by atoms with Gasteiger partial charge in [0.2, 0.25) is 0 Å². The second-order valence-corrected chi connectivity index (χ2v) is 4.49. The van der Waals surface area contributed by atoms with E-state index in [0.29, 0.717) is 5.69 Å². The zero-order valence-electron chi connectivity index (χ0n) is 10.1. The lowest BCUT2D eigenvalue weighted by molar-refractivity contribution is -0.148. The predicted octanol–water partition coefficient (Wildman–Crippen LogP) is 2.90. The van der Waals surface area contributed by atoms with Crippen molar-refractivity contribution in [2.45, 2.75) is 20.0 Å². The Morgan fingerprint density at radius 1 is 1.33 bits per heavy atom. The van der Waals surface area contributed by atoms with Crippen LogP contribution in [0.25, 0.3) is 0 Å². The molecule has 1 N–H and O–H groups in total. The SMILES string of the molecule is C/C=C/C(=O)O[C@@H](C)C(=O)Nc1ccc(Br)cc1. The molecule has 4 nitrogen and oxygen atoms in total. The van der Waals surface area contributed by atoms with Crippen LogP contribution in [0.3, 0.4) is 0 Å². The third kappa shape index (κ3) is 4.71. The van der Waals surface area contributed by atoms with Gasteiger partial charge in [0.05, 0.1) is 0 Å². The first-order valence-electron chi connectivity index (χ1n) is 5.42. The molecule has 0 aliphatic carbocycles. The van der Waals surface area contributed by atoms with Crippen LogP contribution in [-0.2, 0) is 14.3 Å². The summed E-state index contributed by atoms with van der Waals surface area (Å²) < 4.78 is 5.83. The number of anilines is 1. The van der Waals surface area contributed by atoms with Gasteiger partial charge in [0.25, 0.3) is 5.91 Å². The van der Waals surface area contributed by atoms with Crippen LogP contribution in [0.15, 0.2) is 40.9 Å². The second-order valence-electron chi connectivity index (χ2n) is 3.58. The molecule has 1 rings (SSSR count). The van der Waals surface area contributed by atoms with Gasteiger partial charge in [-0.3, -0.25) is 4.79 Å². The van der Waals surface area contributed by atoms with E-state index >= 15 is 0 Å². The van der Waals surface area contributed by atoms with Gasteiger partial charge >= 0.3 is 5.97 Å². The smallest absolute Gasteiger partial charge is 0.331 e. The van der Waals surface area contributed by atoms with Crippen LogP contribution in [0, 0.1) is 0 Å². The normalized spacial score (nSPS) is 12.2. The average molecular weight is 312 g/mol. The quantitative estimate of drug-likeness (QED) is 0.687. The third-order valence-corrected chi connectivity index (χ3v) is 2.61. The molecule has 0 aliphatic rings. The standard InChI is InChI=1S/C13H14BrNO3/c1-3-4-12(16)18-9(2)13(17)15-11-7-5-10(14)6-8-11/h3-9H,1-2H3,(H,15,17)/b4-3+/t9-/m0/s1. The molecule has 0 fully saturated rings. The number of halogens is 1. The highest BCUT2D eigenvalue weighted by molar-refractivity contribution is 9.10. The van der Waals surface area contributed by atoms with Gasteiger partial charge in [-0.15, -0.1) is 0 Å². The fraction of sp³-hybridized carbons (Fsp3) is 0.231. The molecular formula is C13H14BrNO3. The molecule has 0 aliphatic heterocycles. The van der Waals surface area contributed by atoms with Gasteiger partial charge in [0.15, 0.2) is 6.10 Å². The van der Waals surface area contributed by atoms with Gasteiger partial charge in [-0.25, -0.2) is 4.79 Å². The molecule has 1 aromatic carbocycles. The van der Waals surface area contributed by atoms with E-state index < -0.39 is 12.1 Å². The molecule has 1 amide bonds. The molecule has 0 spiro atoms. The van der Waals surface area contributed by atoms with Crippen molar-refractivity contribution in [2.24, 2.45) is 0 Å². The molecule has 0 heterocycles. The first-order valence-corrected chi connectivity index (χ1v) is 6.22. The van der Waals surface area contributed by atoms with E-state index in [4.69, 9.17) is 4.74 Å². The molecule has 18 heavy (non-hydrogen) atoms. The van der Waals surface area contributed by atoms with Gasteiger partial charge < -0.3 is 10.1 Å². The van der Waals surface area contributed by atoms with Gasteiger partial charge in [0, 0.05) is 16.2 Å². The van der Waals surface area contributed by atoms with E-state index in [9.17, 15) is 9.59 Å². The molecule has 96 valence electrons. The lowest BCUT2D eigenvalue weighted by atomic mass is 10.3. The van der Waals surface area contributed by atoms with Crippen LogP contribution in [0.1, 0.15) is 13.8 Å². The average Bonchev–Trinajstić information content (AvgIpc) is 2.32. The predicted molar refractivity (Wildman–Crippen MR) is 73.1 cm³/mol. The molecule has 0 saturated carbocycles. The minimum Gasteiger partial charge on any atom is -0.449 e. The zero-order chi connectivity index (χ0) is 13.5. The van der Waals surface area contributed by atoms with Gasteiger partial charge in [-0.2, -0.15) is 0 Å². The summed E-state index contributed by atoms with van der Waals surface area (Å²) in [5, 5.41) is 2.66. The first kappa shape index (κ1) is 14.4. The summed E-state index contributed by atoms with van der Waals surface area (Å²) in [5.74, 6) is -0.897. The Morgan fingerprint density at radius 3 is 2.50 bits per heavy atom. The lowest BCUT2D eigenvalue weighted by Gasteiger charge is -2.12. The molecule has 1 aromatic rings. The summed E-state index contributed by atoms with van der Waals surface area (Å²) in [4.78, 5) is 22.9. The Hall–Kier alpha value is -1.62. The van der Waals surface area contributed by atoms with Crippen LogP contribution < -0.4 is 5.32 Å². The number of benzene rings is 1. The number of carbonyl (C=O) groups is 2. The minimum atomic E-state index is -0.836. The number of carbonyl (C=O) groups excluding carboxylic acids is 2. The van der Waals surface area contributed by atoms with Crippen molar-refractivity contribution in [1.29, 1.82) is 0 Å². The van der Waals surface area contributed by atoms with Crippen LogP contribution in [0.2, 0.25) is 0 Å². The van der Waals surface area contributed by atoms with E-state index in [2.05, 4.69) is 21.2 Å². The summed E-state index contributed by atoms with van der Waals surface area (Å²) in [6.45, 7) is 3.23. The minimum absolute atomic E-state index is 0.366. The third-order valence-electron chi connectivity index (χ3n) is 2.08. The fourth-order valence-corrected chi connectivity index (χ4v) is 1.44. The van der Waals surface area contributed by atoms with Crippen molar-refractivity contribution in [3.8, 4) is 0 Å². The molecule has 5 heteroatoms. The Labute approximate surface area is 114 Å². The Kier molecular flexibility index (Phi) is 5.58. The van der Waals surface area contributed by atoms with Crippen LogP contribution in [0.4, 0.5) is 5.69 Å². The number of ether oxygens (including phenoxy) is 1.